The molecule has 10 nitrogen and oxygen atoms in total. The molecule has 1 aliphatic heterocycles. The van der Waals surface area contributed by atoms with Gasteiger partial charge >= 0.3 is 11.8 Å². The third kappa shape index (κ3) is 4.43. The summed E-state index contributed by atoms with van der Waals surface area (Å²) in [7, 11) is 0. The van der Waals surface area contributed by atoms with Crippen molar-refractivity contribution in [2.24, 2.45) is 28.6 Å². The Labute approximate surface area is 240 Å². The van der Waals surface area contributed by atoms with E-state index in [4.69, 9.17) is 9.15 Å². The Hall–Kier alpha value is -2.43. The highest BCUT2D eigenvalue weighted by atomic mass is 16.7. The first-order chi connectivity index (χ1) is 19.4. The standard InChI is InChI=1S/C31H44N2O8/c1-28-9-5-19(24(18-41-27(36)37)33-14-13-32-25(34)16-33)15-30(28,38)11-7-23-22(28)6-10-29(2)21(8-12-31(23,29)39)20-3-4-26(35)40-17-20/h3-4,17,19,21-24,38-39H,5-16,18H2,1-2H3,(H,32,34)(H,36,37)/t19-,21+,22-,23+,24?,28+,29+,30-,31-/m0/s1. The summed E-state index contributed by atoms with van der Waals surface area (Å²) in [5.41, 5.74) is -1.92. The fourth-order valence-electron chi connectivity index (χ4n) is 10.3. The number of rotatable bonds is 5. The highest BCUT2D eigenvalue weighted by Gasteiger charge is 2.70. The van der Waals surface area contributed by atoms with Crippen molar-refractivity contribution in [2.75, 3.05) is 26.2 Å². The van der Waals surface area contributed by atoms with Crippen LogP contribution in [0.15, 0.2) is 27.6 Å². The summed E-state index contributed by atoms with van der Waals surface area (Å²) in [6, 6.07) is 3.04. The maximum absolute atomic E-state index is 12.5. The van der Waals surface area contributed by atoms with E-state index in [-0.39, 0.29) is 65.2 Å². The fourth-order valence-corrected chi connectivity index (χ4v) is 10.3. The average Bonchev–Trinajstić information content (AvgIpc) is 3.20. The second-order valence-electron chi connectivity index (χ2n) is 14.0. The van der Waals surface area contributed by atoms with Crippen LogP contribution >= 0.6 is 0 Å². The molecule has 4 saturated carbocycles. The summed E-state index contributed by atoms with van der Waals surface area (Å²) in [4.78, 5) is 37.1. The highest BCUT2D eigenvalue weighted by molar-refractivity contribution is 5.78. The molecule has 2 heterocycles. The summed E-state index contributed by atoms with van der Waals surface area (Å²) in [6.45, 7) is 5.71. The molecule has 226 valence electrons. The second-order valence-corrected chi connectivity index (χ2v) is 14.0. The number of piperazine rings is 1. The van der Waals surface area contributed by atoms with Crippen LogP contribution < -0.4 is 10.9 Å². The second kappa shape index (κ2) is 10.1. The van der Waals surface area contributed by atoms with Gasteiger partial charge in [-0.05, 0) is 98.5 Å². The van der Waals surface area contributed by atoms with Crippen LogP contribution in [0, 0.1) is 28.6 Å². The van der Waals surface area contributed by atoms with Crippen molar-refractivity contribution in [3.63, 3.8) is 0 Å². The fraction of sp³-hybridized carbons (Fsp3) is 0.774. The lowest BCUT2D eigenvalue weighted by molar-refractivity contribution is -0.252. The molecule has 0 radical (unpaired) electrons. The molecule has 41 heavy (non-hydrogen) atoms. The van der Waals surface area contributed by atoms with Crippen molar-refractivity contribution >= 4 is 12.1 Å². The number of ether oxygens (including phenoxy) is 1. The summed E-state index contributed by atoms with van der Waals surface area (Å²) < 4.78 is 10.3. The number of carbonyl (C=O) groups is 2. The van der Waals surface area contributed by atoms with Crippen molar-refractivity contribution in [3.8, 4) is 0 Å². The van der Waals surface area contributed by atoms with Gasteiger partial charge in [-0.1, -0.05) is 13.8 Å². The predicted octanol–water partition coefficient (Wildman–Crippen LogP) is 3.11. The molecule has 1 saturated heterocycles. The molecule has 0 bridgehead atoms. The lowest BCUT2D eigenvalue weighted by Gasteiger charge is -2.66. The highest BCUT2D eigenvalue weighted by Crippen LogP contribution is 2.71. The van der Waals surface area contributed by atoms with Gasteiger partial charge < -0.3 is 29.8 Å². The largest absolute Gasteiger partial charge is 0.505 e. The number of carbonyl (C=O) groups excluding carboxylic acids is 1. The van der Waals surface area contributed by atoms with E-state index in [1.807, 2.05) is 11.0 Å². The normalized spacial score (nSPS) is 43.3. The monoisotopic (exact) mass is 572 g/mol. The number of nitrogens with one attached hydrogen (secondary N) is 1. The maximum Gasteiger partial charge on any atom is 0.505 e. The van der Waals surface area contributed by atoms with Crippen molar-refractivity contribution in [1.82, 2.24) is 10.2 Å². The number of hydrogen-bond donors (Lipinski definition) is 4. The van der Waals surface area contributed by atoms with Gasteiger partial charge in [0, 0.05) is 30.6 Å². The molecule has 5 aliphatic rings. The molecule has 0 spiro atoms. The third-order valence-corrected chi connectivity index (χ3v) is 12.6. The Bertz CT molecular complexity index is 1230. The van der Waals surface area contributed by atoms with Crippen LogP contribution in [-0.2, 0) is 9.53 Å². The molecule has 1 amide bonds. The number of nitrogens with zero attached hydrogens (tertiary/aromatic N) is 1. The first kappa shape index (κ1) is 28.7. The van der Waals surface area contributed by atoms with E-state index in [1.54, 1.807) is 6.26 Å². The van der Waals surface area contributed by atoms with E-state index in [0.717, 1.165) is 44.1 Å². The lowest BCUT2D eigenvalue weighted by atomic mass is 9.41. The van der Waals surface area contributed by atoms with Gasteiger partial charge in [-0.3, -0.25) is 9.69 Å². The van der Waals surface area contributed by atoms with Gasteiger partial charge in [0.05, 0.1) is 24.0 Å². The van der Waals surface area contributed by atoms with E-state index in [9.17, 15) is 29.7 Å². The van der Waals surface area contributed by atoms with E-state index >= 15 is 0 Å². The van der Waals surface area contributed by atoms with Crippen LogP contribution in [0.2, 0.25) is 0 Å². The van der Waals surface area contributed by atoms with Gasteiger partial charge in [-0.25, -0.2) is 9.59 Å². The van der Waals surface area contributed by atoms with Crippen molar-refractivity contribution in [1.29, 1.82) is 0 Å². The Balaban J connectivity index is 1.24. The summed E-state index contributed by atoms with van der Waals surface area (Å²) >= 11 is 0. The first-order valence-electron chi connectivity index (χ1n) is 15.3. The van der Waals surface area contributed by atoms with Crippen LogP contribution in [0.3, 0.4) is 0 Å². The Kier molecular flexibility index (Phi) is 7.06. The minimum Gasteiger partial charge on any atom is -0.450 e. The van der Waals surface area contributed by atoms with Crippen LogP contribution in [0.5, 0.6) is 0 Å². The van der Waals surface area contributed by atoms with Gasteiger partial charge in [0.25, 0.3) is 0 Å². The Morgan fingerprint density at radius 2 is 1.83 bits per heavy atom. The predicted molar refractivity (Wildman–Crippen MR) is 148 cm³/mol. The number of amides is 1. The molecule has 1 aromatic rings. The quantitative estimate of drug-likeness (QED) is 0.390. The van der Waals surface area contributed by atoms with E-state index < -0.39 is 17.4 Å². The summed E-state index contributed by atoms with van der Waals surface area (Å²) in [5.74, 6) is 0.264. The summed E-state index contributed by atoms with van der Waals surface area (Å²) in [5, 5.41) is 37.0. The minimum absolute atomic E-state index is 0.00424. The molecule has 0 aromatic carbocycles. The third-order valence-electron chi connectivity index (χ3n) is 12.6. The maximum atomic E-state index is 12.5. The zero-order valence-corrected chi connectivity index (χ0v) is 24.1. The van der Waals surface area contributed by atoms with Crippen molar-refractivity contribution in [2.45, 2.75) is 94.8 Å². The molecular weight excluding hydrogens is 528 g/mol. The average molecular weight is 573 g/mol. The van der Waals surface area contributed by atoms with Crippen molar-refractivity contribution in [3.05, 3.63) is 34.4 Å². The summed E-state index contributed by atoms with van der Waals surface area (Å²) in [6.07, 6.45) is 6.93. The lowest BCUT2D eigenvalue weighted by Crippen LogP contribution is -2.67. The zero-order chi connectivity index (χ0) is 29.2. The van der Waals surface area contributed by atoms with Crippen LogP contribution in [-0.4, -0.2) is 75.8 Å². The molecule has 4 N–H and O–H groups in total. The van der Waals surface area contributed by atoms with Crippen LogP contribution in [0.4, 0.5) is 4.79 Å². The van der Waals surface area contributed by atoms with Gasteiger partial charge in [0.15, 0.2) is 0 Å². The molecule has 4 aliphatic carbocycles. The molecule has 1 aromatic heterocycles. The molecule has 5 fully saturated rings. The van der Waals surface area contributed by atoms with Crippen LogP contribution in [0.25, 0.3) is 0 Å². The minimum atomic E-state index is -1.33. The van der Waals surface area contributed by atoms with Gasteiger partial charge in [0.1, 0.15) is 6.61 Å². The Morgan fingerprint density at radius 1 is 1.07 bits per heavy atom. The number of carboxylic acid groups (broad SMARTS) is 1. The van der Waals surface area contributed by atoms with E-state index in [2.05, 4.69) is 19.2 Å². The molecule has 9 atom stereocenters. The molecule has 6 rings (SSSR count). The first-order valence-corrected chi connectivity index (χ1v) is 15.3. The molecular formula is C31H44N2O8. The molecule has 10 heteroatoms. The molecule has 1 unspecified atom stereocenters. The topological polar surface area (TPSA) is 150 Å². The van der Waals surface area contributed by atoms with Crippen LogP contribution in [0.1, 0.15) is 83.1 Å². The SMILES string of the molecule is C[C@]12CC[C@H](C(COC(=O)O)N3CCNC(=O)C3)C[C@@]1(O)CC[C@@H]1[C@@H]2CC[C@]2(C)[C@@H](c3ccc(=O)oc3)CC[C@]12O. The van der Waals surface area contributed by atoms with E-state index in [0.29, 0.717) is 32.4 Å². The number of hydrogen-bond acceptors (Lipinski definition) is 8. The van der Waals surface area contributed by atoms with E-state index in [1.165, 1.54) is 6.07 Å². The van der Waals surface area contributed by atoms with Crippen molar-refractivity contribution < 1.29 is 34.1 Å². The van der Waals surface area contributed by atoms with Gasteiger partial charge in [-0.15, -0.1) is 0 Å². The van der Waals surface area contributed by atoms with Gasteiger partial charge in [0.2, 0.25) is 5.91 Å². The smallest absolute Gasteiger partial charge is 0.450 e. The zero-order valence-electron chi connectivity index (χ0n) is 24.1. The number of aliphatic hydroxyl groups is 2. The van der Waals surface area contributed by atoms with Gasteiger partial charge in [-0.2, -0.15) is 0 Å². The number of fused-ring (bicyclic) bond motifs is 5. The Morgan fingerprint density at radius 3 is 2.54 bits per heavy atom.